The van der Waals surface area contributed by atoms with Crippen LogP contribution < -0.4 is 4.74 Å². The second-order valence-corrected chi connectivity index (χ2v) is 5.86. The molecule has 112 valence electrons. The molecule has 0 amide bonds. The number of carboxylic acids is 1. The van der Waals surface area contributed by atoms with E-state index < -0.39 is 5.97 Å². The molecule has 2 aromatic rings. The maximum atomic E-state index is 11.1. The third kappa shape index (κ3) is 2.84. The van der Waals surface area contributed by atoms with Crippen LogP contribution in [0.1, 0.15) is 37.9 Å². The van der Waals surface area contributed by atoms with Crippen LogP contribution in [0.25, 0.3) is 11.2 Å². The quantitative estimate of drug-likeness (QED) is 0.883. The molecule has 3 rings (SSSR count). The van der Waals surface area contributed by atoms with Crippen molar-refractivity contribution in [2.75, 3.05) is 7.11 Å². The third-order valence-corrected chi connectivity index (χ3v) is 4.31. The Labute approximate surface area is 122 Å². The number of hydrogen-bond acceptors (Lipinski definition) is 4. The average Bonchev–Trinajstić information content (AvgIpc) is 3.03. The van der Waals surface area contributed by atoms with Gasteiger partial charge in [0.05, 0.1) is 19.0 Å². The van der Waals surface area contributed by atoms with Crippen LogP contribution in [0, 0.1) is 5.41 Å². The zero-order valence-electron chi connectivity index (χ0n) is 12.1. The first-order valence-corrected chi connectivity index (χ1v) is 7.22. The molecule has 1 saturated carbocycles. The van der Waals surface area contributed by atoms with Gasteiger partial charge in [0.15, 0.2) is 5.65 Å². The smallest absolute Gasteiger partial charge is 0.303 e. The molecule has 0 aromatic carbocycles. The summed E-state index contributed by atoms with van der Waals surface area (Å²) in [5, 5.41) is 9.17. The van der Waals surface area contributed by atoms with Crippen LogP contribution in [-0.4, -0.2) is 33.1 Å². The normalized spacial score (nSPS) is 17.2. The van der Waals surface area contributed by atoms with Crippen LogP contribution in [-0.2, 0) is 11.2 Å². The van der Waals surface area contributed by atoms with Crippen molar-refractivity contribution in [1.29, 1.82) is 0 Å². The summed E-state index contributed by atoms with van der Waals surface area (Å²) in [7, 11) is 1.57. The number of nitrogens with zero attached hydrogens (tertiary/aromatic N) is 2. The molecule has 2 aromatic heterocycles. The number of fused-ring (bicyclic) bond motifs is 1. The predicted octanol–water partition coefficient (Wildman–Crippen LogP) is 2.54. The number of aliphatic carboxylic acids is 1. The van der Waals surface area contributed by atoms with Gasteiger partial charge < -0.3 is 14.8 Å². The Kier molecular flexibility index (Phi) is 3.53. The highest BCUT2D eigenvalue weighted by Gasteiger charge is 2.37. The molecule has 0 aliphatic heterocycles. The number of aromatic nitrogens is 3. The summed E-state index contributed by atoms with van der Waals surface area (Å²) in [5.41, 5.74) is 1.31. The van der Waals surface area contributed by atoms with E-state index in [1.54, 1.807) is 13.2 Å². The maximum absolute atomic E-state index is 11.1. The molecule has 0 radical (unpaired) electrons. The third-order valence-electron chi connectivity index (χ3n) is 4.31. The molecular formula is C15H19N3O3. The van der Waals surface area contributed by atoms with Gasteiger partial charge in [-0.1, -0.05) is 12.8 Å². The van der Waals surface area contributed by atoms with Gasteiger partial charge in [-0.2, -0.15) is 4.98 Å². The molecule has 6 nitrogen and oxygen atoms in total. The molecule has 0 spiro atoms. The van der Waals surface area contributed by atoms with Gasteiger partial charge in [-0.3, -0.25) is 4.79 Å². The van der Waals surface area contributed by atoms with E-state index in [-0.39, 0.29) is 11.8 Å². The van der Waals surface area contributed by atoms with Crippen LogP contribution in [0.3, 0.4) is 0 Å². The molecule has 0 saturated heterocycles. The number of carboxylic acid groups (broad SMARTS) is 1. The molecule has 1 fully saturated rings. The maximum Gasteiger partial charge on any atom is 0.303 e. The van der Waals surface area contributed by atoms with E-state index in [0.717, 1.165) is 37.0 Å². The first-order chi connectivity index (χ1) is 10.1. The monoisotopic (exact) mass is 289 g/mol. The molecule has 2 N–H and O–H groups in total. The Morgan fingerprint density at radius 3 is 2.81 bits per heavy atom. The summed E-state index contributed by atoms with van der Waals surface area (Å²) in [6, 6.07) is 3.67. The largest absolute Gasteiger partial charge is 0.481 e. The van der Waals surface area contributed by atoms with Crippen LogP contribution in [0.15, 0.2) is 12.1 Å². The molecule has 2 heterocycles. The lowest BCUT2D eigenvalue weighted by Crippen LogP contribution is -2.24. The summed E-state index contributed by atoms with van der Waals surface area (Å²) >= 11 is 0. The number of imidazole rings is 1. The second-order valence-electron chi connectivity index (χ2n) is 5.86. The molecule has 21 heavy (non-hydrogen) atoms. The number of rotatable bonds is 5. The Morgan fingerprint density at radius 2 is 2.14 bits per heavy atom. The average molecular weight is 289 g/mol. The Morgan fingerprint density at radius 1 is 1.38 bits per heavy atom. The lowest BCUT2D eigenvalue weighted by Gasteiger charge is -2.25. The minimum absolute atomic E-state index is 0.163. The van der Waals surface area contributed by atoms with Crippen molar-refractivity contribution in [3.05, 3.63) is 18.0 Å². The highest BCUT2D eigenvalue weighted by molar-refractivity contribution is 5.71. The molecule has 1 aliphatic rings. The van der Waals surface area contributed by atoms with E-state index in [1.165, 1.54) is 0 Å². The van der Waals surface area contributed by atoms with Gasteiger partial charge in [-0.15, -0.1) is 0 Å². The summed E-state index contributed by atoms with van der Waals surface area (Å²) in [6.07, 6.45) is 4.97. The standard InChI is InChI=1S/C15H19N3O3/c1-21-12-5-4-10-14(18-12)17-11(16-10)8-15(9-13(19)20)6-2-3-7-15/h4-5H,2-3,6-9H2,1H3,(H,19,20)(H,16,17,18). The van der Waals surface area contributed by atoms with E-state index in [1.807, 2.05) is 6.07 Å². The summed E-state index contributed by atoms with van der Waals surface area (Å²) in [6.45, 7) is 0. The van der Waals surface area contributed by atoms with Crippen molar-refractivity contribution in [2.24, 2.45) is 5.41 Å². The number of carbonyl (C=O) groups is 1. The summed E-state index contributed by atoms with van der Waals surface area (Å²) < 4.78 is 5.09. The number of pyridine rings is 1. The first-order valence-electron chi connectivity index (χ1n) is 7.22. The molecule has 6 heteroatoms. The van der Waals surface area contributed by atoms with Gasteiger partial charge in [-0.25, -0.2) is 4.98 Å². The molecule has 0 unspecified atom stereocenters. The summed E-state index contributed by atoms with van der Waals surface area (Å²) in [4.78, 5) is 23.2. The van der Waals surface area contributed by atoms with Crippen molar-refractivity contribution >= 4 is 17.1 Å². The van der Waals surface area contributed by atoms with Crippen LogP contribution in [0.4, 0.5) is 0 Å². The highest BCUT2D eigenvalue weighted by Crippen LogP contribution is 2.43. The zero-order valence-corrected chi connectivity index (χ0v) is 12.1. The Bertz CT molecular complexity index is 659. The lowest BCUT2D eigenvalue weighted by atomic mass is 9.79. The highest BCUT2D eigenvalue weighted by atomic mass is 16.5. The van der Waals surface area contributed by atoms with E-state index >= 15 is 0 Å². The van der Waals surface area contributed by atoms with E-state index in [9.17, 15) is 4.79 Å². The van der Waals surface area contributed by atoms with Crippen molar-refractivity contribution in [2.45, 2.75) is 38.5 Å². The number of nitrogens with one attached hydrogen (secondary N) is 1. The Hall–Kier alpha value is -2.11. The Balaban J connectivity index is 1.87. The zero-order chi connectivity index (χ0) is 14.9. The van der Waals surface area contributed by atoms with Crippen molar-refractivity contribution in [1.82, 2.24) is 15.0 Å². The van der Waals surface area contributed by atoms with E-state index in [2.05, 4.69) is 15.0 Å². The van der Waals surface area contributed by atoms with Crippen LogP contribution >= 0.6 is 0 Å². The molecule has 0 atom stereocenters. The SMILES string of the molecule is COc1ccc2[nH]c(CC3(CC(=O)O)CCCC3)nc2n1. The summed E-state index contributed by atoms with van der Waals surface area (Å²) in [5.74, 6) is 0.614. The number of aromatic amines is 1. The minimum Gasteiger partial charge on any atom is -0.481 e. The lowest BCUT2D eigenvalue weighted by molar-refractivity contribution is -0.139. The predicted molar refractivity (Wildman–Crippen MR) is 77.3 cm³/mol. The molecule has 0 bridgehead atoms. The van der Waals surface area contributed by atoms with E-state index in [4.69, 9.17) is 9.84 Å². The van der Waals surface area contributed by atoms with Gasteiger partial charge in [-0.05, 0) is 24.3 Å². The number of methoxy groups -OCH3 is 1. The van der Waals surface area contributed by atoms with Crippen molar-refractivity contribution in [3.63, 3.8) is 0 Å². The fourth-order valence-electron chi connectivity index (χ4n) is 3.34. The van der Waals surface area contributed by atoms with Crippen LogP contribution in [0.2, 0.25) is 0 Å². The van der Waals surface area contributed by atoms with E-state index in [0.29, 0.717) is 17.9 Å². The van der Waals surface area contributed by atoms with Gasteiger partial charge in [0.1, 0.15) is 5.82 Å². The fourth-order valence-corrected chi connectivity index (χ4v) is 3.34. The number of ether oxygens (including phenoxy) is 1. The minimum atomic E-state index is -0.729. The van der Waals surface area contributed by atoms with Gasteiger partial charge in [0.25, 0.3) is 0 Å². The topological polar surface area (TPSA) is 88.1 Å². The first kappa shape index (κ1) is 13.9. The van der Waals surface area contributed by atoms with Gasteiger partial charge in [0, 0.05) is 12.5 Å². The number of H-pyrrole nitrogens is 1. The van der Waals surface area contributed by atoms with Crippen molar-refractivity contribution in [3.8, 4) is 5.88 Å². The molecular weight excluding hydrogens is 270 g/mol. The van der Waals surface area contributed by atoms with Gasteiger partial charge in [0.2, 0.25) is 5.88 Å². The fraction of sp³-hybridized carbons (Fsp3) is 0.533. The van der Waals surface area contributed by atoms with Crippen LogP contribution in [0.5, 0.6) is 5.88 Å². The molecule has 1 aliphatic carbocycles. The van der Waals surface area contributed by atoms with Gasteiger partial charge >= 0.3 is 5.97 Å². The number of hydrogen-bond donors (Lipinski definition) is 2. The van der Waals surface area contributed by atoms with Crippen molar-refractivity contribution < 1.29 is 14.6 Å². The second kappa shape index (κ2) is 5.35.